The summed E-state index contributed by atoms with van der Waals surface area (Å²) < 4.78 is 0. The van der Waals surface area contributed by atoms with Gasteiger partial charge in [0.15, 0.2) is 5.13 Å². The molecule has 0 aromatic carbocycles. The SMILES string of the molecule is CCC(C)c1nc(N2CCC3(CCCC3)CC2)sc1CO. The maximum atomic E-state index is 9.59. The highest BCUT2D eigenvalue weighted by atomic mass is 32.1. The highest BCUT2D eigenvalue weighted by molar-refractivity contribution is 7.15. The van der Waals surface area contributed by atoms with E-state index in [-0.39, 0.29) is 6.61 Å². The molecule has 3 rings (SSSR count). The molecule has 21 heavy (non-hydrogen) atoms. The van der Waals surface area contributed by atoms with Gasteiger partial charge in [0, 0.05) is 13.1 Å². The Morgan fingerprint density at radius 2 is 1.90 bits per heavy atom. The van der Waals surface area contributed by atoms with Gasteiger partial charge in [-0.2, -0.15) is 0 Å². The van der Waals surface area contributed by atoms with Crippen molar-refractivity contribution in [2.75, 3.05) is 18.0 Å². The molecule has 1 saturated carbocycles. The second-order valence-electron chi connectivity index (χ2n) is 6.97. The van der Waals surface area contributed by atoms with E-state index in [1.807, 2.05) is 0 Å². The Morgan fingerprint density at radius 3 is 2.48 bits per heavy atom. The first-order valence-corrected chi connectivity index (χ1v) is 9.34. The average molecular weight is 308 g/mol. The average Bonchev–Trinajstić information content (AvgIpc) is 3.14. The second kappa shape index (κ2) is 6.25. The van der Waals surface area contributed by atoms with Crippen LogP contribution in [0.15, 0.2) is 0 Å². The number of aromatic nitrogens is 1. The predicted molar refractivity (Wildman–Crippen MR) is 89.1 cm³/mol. The van der Waals surface area contributed by atoms with E-state index in [1.165, 1.54) is 38.5 Å². The van der Waals surface area contributed by atoms with Gasteiger partial charge in [0.2, 0.25) is 0 Å². The van der Waals surface area contributed by atoms with E-state index in [4.69, 9.17) is 4.98 Å². The van der Waals surface area contributed by atoms with Crippen LogP contribution >= 0.6 is 11.3 Å². The predicted octanol–water partition coefficient (Wildman–Crippen LogP) is 4.31. The minimum absolute atomic E-state index is 0.134. The minimum Gasteiger partial charge on any atom is -0.391 e. The molecule has 1 unspecified atom stereocenters. The number of thiazole rings is 1. The lowest BCUT2D eigenvalue weighted by molar-refractivity contribution is 0.226. The lowest BCUT2D eigenvalue weighted by atomic mass is 9.77. The zero-order chi connectivity index (χ0) is 14.9. The molecular formula is C17H28N2OS. The molecule has 3 nitrogen and oxygen atoms in total. The molecule has 2 aliphatic rings. The Labute approximate surface area is 132 Å². The fraction of sp³-hybridized carbons (Fsp3) is 0.824. The zero-order valence-electron chi connectivity index (χ0n) is 13.4. The molecule has 1 aromatic heterocycles. The third-order valence-electron chi connectivity index (χ3n) is 5.70. The van der Waals surface area contributed by atoms with Crippen molar-refractivity contribution in [1.29, 1.82) is 0 Å². The first-order chi connectivity index (χ1) is 10.2. The van der Waals surface area contributed by atoms with Crippen molar-refractivity contribution in [2.24, 2.45) is 5.41 Å². The second-order valence-corrected chi connectivity index (χ2v) is 8.03. The smallest absolute Gasteiger partial charge is 0.185 e. The van der Waals surface area contributed by atoms with Gasteiger partial charge in [-0.25, -0.2) is 4.98 Å². The van der Waals surface area contributed by atoms with Crippen molar-refractivity contribution >= 4 is 16.5 Å². The van der Waals surface area contributed by atoms with Gasteiger partial charge in [0.1, 0.15) is 0 Å². The molecule has 4 heteroatoms. The van der Waals surface area contributed by atoms with E-state index < -0.39 is 0 Å². The van der Waals surface area contributed by atoms with Crippen LogP contribution in [0.5, 0.6) is 0 Å². The van der Waals surface area contributed by atoms with Gasteiger partial charge in [0.05, 0.1) is 17.2 Å². The molecule has 0 bridgehead atoms. The van der Waals surface area contributed by atoms with Gasteiger partial charge >= 0.3 is 0 Å². The van der Waals surface area contributed by atoms with E-state index in [0.29, 0.717) is 11.3 Å². The van der Waals surface area contributed by atoms with Crippen LogP contribution in [0.3, 0.4) is 0 Å². The summed E-state index contributed by atoms with van der Waals surface area (Å²) in [6, 6.07) is 0. The largest absolute Gasteiger partial charge is 0.391 e. The van der Waals surface area contributed by atoms with Gasteiger partial charge in [-0.05, 0) is 43.4 Å². The monoisotopic (exact) mass is 308 g/mol. The maximum absolute atomic E-state index is 9.59. The molecule has 2 fully saturated rings. The molecular weight excluding hydrogens is 280 g/mol. The lowest BCUT2D eigenvalue weighted by Crippen LogP contribution is -2.38. The summed E-state index contributed by atoms with van der Waals surface area (Å²) in [5.41, 5.74) is 1.79. The molecule has 0 amide bonds. The fourth-order valence-corrected chi connectivity index (χ4v) is 5.07. The number of piperidine rings is 1. The number of anilines is 1. The third kappa shape index (κ3) is 2.98. The van der Waals surface area contributed by atoms with E-state index in [2.05, 4.69) is 18.7 Å². The number of nitrogens with zero attached hydrogens (tertiary/aromatic N) is 2. The Bertz CT molecular complexity index is 469. The van der Waals surface area contributed by atoms with Crippen molar-refractivity contribution in [2.45, 2.75) is 71.3 Å². The van der Waals surface area contributed by atoms with Gasteiger partial charge < -0.3 is 10.0 Å². The Balaban J connectivity index is 1.71. The van der Waals surface area contributed by atoms with Crippen LogP contribution in [0.2, 0.25) is 0 Å². The number of hydrogen-bond acceptors (Lipinski definition) is 4. The summed E-state index contributed by atoms with van der Waals surface area (Å²) in [7, 11) is 0. The summed E-state index contributed by atoms with van der Waals surface area (Å²) in [6.45, 7) is 6.84. The van der Waals surface area contributed by atoms with E-state index in [1.54, 1.807) is 11.3 Å². The Kier molecular flexibility index (Phi) is 4.55. The van der Waals surface area contributed by atoms with Gasteiger partial charge in [0.25, 0.3) is 0 Å². The van der Waals surface area contributed by atoms with Crippen LogP contribution in [0.4, 0.5) is 5.13 Å². The van der Waals surface area contributed by atoms with Crippen LogP contribution in [0.1, 0.15) is 75.3 Å². The lowest BCUT2D eigenvalue weighted by Gasteiger charge is -2.39. The molecule has 118 valence electrons. The number of aliphatic hydroxyl groups is 1. The molecule has 0 radical (unpaired) electrons. The third-order valence-corrected chi connectivity index (χ3v) is 6.81. The quantitative estimate of drug-likeness (QED) is 0.900. The molecule has 1 atom stereocenters. The van der Waals surface area contributed by atoms with Gasteiger partial charge in [-0.15, -0.1) is 0 Å². The van der Waals surface area contributed by atoms with Crippen molar-refractivity contribution in [3.8, 4) is 0 Å². The van der Waals surface area contributed by atoms with E-state index >= 15 is 0 Å². The van der Waals surface area contributed by atoms with Crippen molar-refractivity contribution < 1.29 is 5.11 Å². The van der Waals surface area contributed by atoms with Crippen LogP contribution in [0, 0.1) is 5.41 Å². The fourth-order valence-electron chi connectivity index (χ4n) is 3.97. The summed E-state index contributed by atoms with van der Waals surface area (Å²) in [5.74, 6) is 0.447. The topological polar surface area (TPSA) is 36.4 Å². The Morgan fingerprint density at radius 1 is 1.24 bits per heavy atom. The normalized spacial score (nSPS) is 22.9. The molecule has 1 aliphatic carbocycles. The molecule has 1 aromatic rings. The van der Waals surface area contributed by atoms with Crippen LogP contribution in [-0.2, 0) is 6.61 Å². The first kappa shape index (κ1) is 15.3. The van der Waals surface area contributed by atoms with Gasteiger partial charge in [-0.3, -0.25) is 0 Å². The first-order valence-electron chi connectivity index (χ1n) is 8.53. The summed E-state index contributed by atoms with van der Waals surface area (Å²) in [5, 5.41) is 10.7. The van der Waals surface area contributed by atoms with Crippen LogP contribution < -0.4 is 4.90 Å². The number of aliphatic hydroxyl groups excluding tert-OH is 1. The number of hydrogen-bond donors (Lipinski definition) is 1. The van der Waals surface area contributed by atoms with Crippen molar-refractivity contribution in [3.63, 3.8) is 0 Å². The highest BCUT2D eigenvalue weighted by Crippen LogP contribution is 2.47. The molecule has 1 aliphatic heterocycles. The molecule has 1 saturated heterocycles. The summed E-state index contributed by atoms with van der Waals surface area (Å²) in [4.78, 5) is 8.40. The summed E-state index contributed by atoms with van der Waals surface area (Å²) in [6.07, 6.45) is 9.50. The minimum atomic E-state index is 0.134. The van der Waals surface area contributed by atoms with Crippen molar-refractivity contribution in [1.82, 2.24) is 4.98 Å². The molecule has 1 spiro atoms. The van der Waals surface area contributed by atoms with E-state index in [0.717, 1.165) is 35.2 Å². The van der Waals surface area contributed by atoms with Crippen LogP contribution in [0.25, 0.3) is 0 Å². The van der Waals surface area contributed by atoms with E-state index in [9.17, 15) is 5.11 Å². The van der Waals surface area contributed by atoms with Gasteiger partial charge in [-0.1, -0.05) is 38.0 Å². The van der Waals surface area contributed by atoms with Crippen molar-refractivity contribution in [3.05, 3.63) is 10.6 Å². The highest BCUT2D eigenvalue weighted by Gasteiger charge is 2.37. The zero-order valence-corrected chi connectivity index (χ0v) is 14.2. The summed E-state index contributed by atoms with van der Waals surface area (Å²) >= 11 is 1.71. The Hall–Kier alpha value is -0.610. The number of rotatable bonds is 4. The van der Waals surface area contributed by atoms with Crippen LogP contribution in [-0.4, -0.2) is 23.2 Å². The maximum Gasteiger partial charge on any atom is 0.185 e. The molecule has 2 heterocycles. The molecule has 1 N–H and O–H groups in total. The standard InChI is InChI=1S/C17H28N2OS/c1-3-13(2)15-14(12-20)21-16(18-15)19-10-8-17(9-11-19)6-4-5-7-17/h13,20H,3-12H2,1-2H3.